The Balaban J connectivity index is 1.75. The number of benzene rings is 1. The van der Waals surface area contributed by atoms with Crippen molar-refractivity contribution in [3.05, 3.63) is 59.9 Å². The number of carbonyl (C=O) groups is 2. The van der Waals surface area contributed by atoms with Gasteiger partial charge in [0.1, 0.15) is 0 Å². The summed E-state index contributed by atoms with van der Waals surface area (Å²) >= 11 is 0. The molecular weight excluding hydrogens is 358 g/mol. The monoisotopic (exact) mass is 381 g/mol. The fourth-order valence-corrected chi connectivity index (χ4v) is 2.98. The van der Waals surface area contributed by atoms with Crippen molar-refractivity contribution in [2.75, 3.05) is 43.6 Å². The zero-order chi connectivity index (χ0) is 19.8. The third-order valence-electron chi connectivity index (χ3n) is 4.39. The van der Waals surface area contributed by atoms with Gasteiger partial charge in [0.25, 0.3) is 0 Å². The normalized spacial score (nSPS) is 14.1. The van der Waals surface area contributed by atoms with Crippen LogP contribution >= 0.6 is 0 Å². The molecule has 1 aliphatic heterocycles. The minimum absolute atomic E-state index is 0.139. The van der Waals surface area contributed by atoms with Crippen molar-refractivity contribution < 1.29 is 19.1 Å². The molecule has 146 valence electrons. The number of hydrogen-bond donors (Lipinski definition) is 1. The highest BCUT2D eigenvalue weighted by atomic mass is 16.5. The molecule has 0 atom stereocenters. The van der Waals surface area contributed by atoms with E-state index in [9.17, 15) is 9.59 Å². The first-order valence-corrected chi connectivity index (χ1v) is 9.07. The summed E-state index contributed by atoms with van der Waals surface area (Å²) in [4.78, 5) is 30.2. The van der Waals surface area contributed by atoms with Crippen molar-refractivity contribution in [3.8, 4) is 0 Å². The molecule has 0 spiro atoms. The number of amides is 1. The van der Waals surface area contributed by atoms with Crippen molar-refractivity contribution in [2.45, 2.75) is 6.42 Å². The Morgan fingerprint density at radius 2 is 1.96 bits per heavy atom. The first-order chi connectivity index (χ1) is 13.7. The fraction of sp³-hybridized carbons (Fsp3) is 0.286. The third-order valence-corrected chi connectivity index (χ3v) is 4.39. The molecule has 7 heteroatoms. The van der Waals surface area contributed by atoms with E-state index in [0.29, 0.717) is 18.9 Å². The number of aromatic nitrogens is 1. The van der Waals surface area contributed by atoms with Gasteiger partial charge in [-0.3, -0.25) is 14.6 Å². The van der Waals surface area contributed by atoms with Gasteiger partial charge < -0.3 is 19.7 Å². The summed E-state index contributed by atoms with van der Waals surface area (Å²) in [6, 6.07) is 9.21. The molecule has 1 aromatic heterocycles. The van der Waals surface area contributed by atoms with E-state index in [4.69, 9.17) is 9.47 Å². The number of carbonyl (C=O) groups excluding carboxylic acids is 2. The molecule has 0 bridgehead atoms. The number of hydrogen-bond acceptors (Lipinski definition) is 6. The zero-order valence-electron chi connectivity index (χ0n) is 15.8. The molecule has 3 rings (SSSR count). The Bertz CT molecular complexity index is 846. The van der Waals surface area contributed by atoms with Crippen molar-refractivity contribution >= 4 is 29.3 Å². The van der Waals surface area contributed by atoms with Crippen molar-refractivity contribution in [3.63, 3.8) is 0 Å². The average molecular weight is 381 g/mol. The van der Waals surface area contributed by atoms with Crippen LogP contribution in [0.25, 0.3) is 6.08 Å². The van der Waals surface area contributed by atoms with E-state index in [1.54, 1.807) is 18.5 Å². The smallest absolute Gasteiger partial charge is 0.310 e. The van der Waals surface area contributed by atoms with E-state index in [1.807, 2.05) is 30.3 Å². The average Bonchev–Trinajstić information content (AvgIpc) is 2.74. The molecule has 1 saturated heterocycles. The van der Waals surface area contributed by atoms with Crippen molar-refractivity contribution in [1.29, 1.82) is 0 Å². The maximum atomic E-state index is 12.2. The topological polar surface area (TPSA) is 80.8 Å². The number of ether oxygens (including phenoxy) is 2. The zero-order valence-corrected chi connectivity index (χ0v) is 15.8. The van der Waals surface area contributed by atoms with E-state index in [-0.39, 0.29) is 18.3 Å². The highest BCUT2D eigenvalue weighted by molar-refractivity contribution is 6.02. The summed E-state index contributed by atoms with van der Waals surface area (Å²) < 4.78 is 10.2. The number of esters is 1. The Kier molecular flexibility index (Phi) is 6.75. The summed E-state index contributed by atoms with van der Waals surface area (Å²) in [5, 5.41) is 2.84. The lowest BCUT2D eigenvalue weighted by Gasteiger charge is -2.30. The molecule has 0 radical (unpaired) electrons. The molecular formula is C21H23N3O4. The number of nitrogens with one attached hydrogen (secondary N) is 1. The maximum Gasteiger partial charge on any atom is 0.310 e. The number of anilines is 2. The second-order valence-corrected chi connectivity index (χ2v) is 6.30. The standard InChI is InChI=1S/C21H23N3O4/c1-27-21(26)15-17-14-18(3-4-19(17)24-10-12-28-13-11-24)23-20(25)5-2-16-6-8-22-9-7-16/h2-9,14H,10-13,15H2,1H3,(H,23,25)/b5-2+. The predicted molar refractivity (Wildman–Crippen MR) is 107 cm³/mol. The van der Waals surface area contributed by atoms with Crippen LogP contribution in [0.15, 0.2) is 48.8 Å². The molecule has 0 aliphatic carbocycles. The summed E-state index contributed by atoms with van der Waals surface area (Å²) in [5.41, 5.74) is 3.28. The second kappa shape index (κ2) is 9.66. The van der Waals surface area contributed by atoms with Gasteiger partial charge in [0.05, 0.1) is 26.7 Å². The van der Waals surface area contributed by atoms with Crippen molar-refractivity contribution in [2.24, 2.45) is 0 Å². The number of rotatable bonds is 6. The first-order valence-electron chi connectivity index (χ1n) is 9.07. The minimum Gasteiger partial charge on any atom is -0.469 e. The van der Waals surface area contributed by atoms with E-state index in [1.165, 1.54) is 13.2 Å². The largest absolute Gasteiger partial charge is 0.469 e. The van der Waals surface area contributed by atoms with Crippen LogP contribution in [0.5, 0.6) is 0 Å². The van der Waals surface area contributed by atoms with Crippen LogP contribution in [0.1, 0.15) is 11.1 Å². The fourth-order valence-electron chi connectivity index (χ4n) is 2.98. The summed E-state index contributed by atoms with van der Waals surface area (Å²) in [6.07, 6.45) is 6.65. The van der Waals surface area contributed by atoms with Crippen molar-refractivity contribution in [1.82, 2.24) is 4.98 Å². The maximum absolute atomic E-state index is 12.2. The van der Waals surface area contributed by atoms with Crippen LogP contribution in [0, 0.1) is 0 Å². The van der Waals surface area contributed by atoms with Gasteiger partial charge in [-0.25, -0.2) is 0 Å². The molecule has 1 amide bonds. The molecule has 7 nitrogen and oxygen atoms in total. The van der Waals surface area contributed by atoms with Crippen LogP contribution in [0.3, 0.4) is 0 Å². The van der Waals surface area contributed by atoms with Gasteiger partial charge in [0.15, 0.2) is 0 Å². The highest BCUT2D eigenvalue weighted by Crippen LogP contribution is 2.26. The highest BCUT2D eigenvalue weighted by Gasteiger charge is 2.17. The van der Waals surface area contributed by atoms with E-state index < -0.39 is 0 Å². The lowest BCUT2D eigenvalue weighted by Crippen LogP contribution is -2.37. The Morgan fingerprint density at radius 3 is 2.68 bits per heavy atom. The Hall–Kier alpha value is -3.19. The van der Waals surface area contributed by atoms with Gasteiger partial charge in [-0.15, -0.1) is 0 Å². The molecule has 1 N–H and O–H groups in total. The van der Waals surface area contributed by atoms with E-state index in [0.717, 1.165) is 29.9 Å². The lowest BCUT2D eigenvalue weighted by atomic mass is 10.1. The SMILES string of the molecule is COC(=O)Cc1cc(NC(=O)/C=C/c2ccncc2)ccc1N1CCOCC1. The third kappa shape index (κ3) is 5.40. The van der Waals surface area contributed by atoms with Crippen LogP contribution < -0.4 is 10.2 Å². The first kappa shape index (κ1) is 19.6. The van der Waals surface area contributed by atoms with Gasteiger partial charge in [-0.05, 0) is 47.5 Å². The van der Waals surface area contributed by atoms with Gasteiger partial charge in [0.2, 0.25) is 5.91 Å². The van der Waals surface area contributed by atoms with E-state index in [2.05, 4.69) is 15.2 Å². The number of nitrogens with zero attached hydrogens (tertiary/aromatic N) is 2. The van der Waals surface area contributed by atoms with Gasteiger partial charge >= 0.3 is 5.97 Å². The molecule has 28 heavy (non-hydrogen) atoms. The van der Waals surface area contributed by atoms with Gasteiger partial charge in [-0.2, -0.15) is 0 Å². The van der Waals surface area contributed by atoms with Gasteiger partial charge in [-0.1, -0.05) is 0 Å². The predicted octanol–water partition coefficient (Wildman–Crippen LogP) is 2.29. The van der Waals surface area contributed by atoms with Crippen LogP contribution in [-0.4, -0.2) is 50.3 Å². The second-order valence-electron chi connectivity index (χ2n) is 6.30. The minimum atomic E-state index is -0.324. The Morgan fingerprint density at radius 1 is 1.21 bits per heavy atom. The summed E-state index contributed by atoms with van der Waals surface area (Å²) in [5.74, 6) is -0.574. The summed E-state index contributed by atoms with van der Waals surface area (Å²) in [7, 11) is 1.37. The molecule has 0 unspecified atom stereocenters. The lowest BCUT2D eigenvalue weighted by molar-refractivity contribution is -0.139. The number of methoxy groups -OCH3 is 1. The van der Waals surface area contributed by atoms with E-state index >= 15 is 0 Å². The molecule has 2 heterocycles. The molecule has 1 fully saturated rings. The molecule has 1 aliphatic rings. The molecule has 2 aromatic rings. The number of pyridine rings is 1. The van der Waals surface area contributed by atoms with Crippen LogP contribution in [0.2, 0.25) is 0 Å². The van der Waals surface area contributed by atoms with Crippen LogP contribution in [-0.2, 0) is 25.5 Å². The van der Waals surface area contributed by atoms with Crippen LogP contribution in [0.4, 0.5) is 11.4 Å². The Labute approximate surface area is 164 Å². The summed E-state index contributed by atoms with van der Waals surface area (Å²) in [6.45, 7) is 2.81. The van der Waals surface area contributed by atoms with Gasteiger partial charge in [0, 0.05) is 42.9 Å². The number of morpholine rings is 1. The molecule has 1 aromatic carbocycles. The quantitative estimate of drug-likeness (QED) is 0.611. The molecule has 0 saturated carbocycles.